The maximum atomic E-state index is 10.6. The van der Waals surface area contributed by atoms with E-state index in [2.05, 4.69) is 46.0 Å². The molecule has 2 heterocycles. The molecule has 0 spiro atoms. The third-order valence-corrected chi connectivity index (χ3v) is 5.10. The van der Waals surface area contributed by atoms with Crippen LogP contribution >= 0.6 is 0 Å². The van der Waals surface area contributed by atoms with Crippen molar-refractivity contribution < 1.29 is 14.6 Å². The number of piperazine rings is 1. The predicted octanol–water partition coefficient (Wildman–Crippen LogP) is 3.82. The quantitative estimate of drug-likeness (QED) is 0.664. The summed E-state index contributed by atoms with van der Waals surface area (Å²) in [5, 5.41) is 8.68. The van der Waals surface area contributed by atoms with Crippen LogP contribution in [0.25, 0.3) is 0 Å². The SMILES string of the molecule is CCCC1CN(c2ccncc2)CCN1c1ccc(OCCCC(=O)O)cc1. The van der Waals surface area contributed by atoms with Gasteiger partial charge < -0.3 is 19.6 Å². The summed E-state index contributed by atoms with van der Waals surface area (Å²) in [4.78, 5) is 19.6. The van der Waals surface area contributed by atoms with Gasteiger partial charge in [0.05, 0.1) is 6.61 Å². The molecule has 1 unspecified atom stereocenters. The number of rotatable bonds is 9. The van der Waals surface area contributed by atoms with Crippen LogP contribution in [0.5, 0.6) is 5.75 Å². The number of nitrogens with zero attached hydrogens (tertiary/aromatic N) is 3. The lowest BCUT2D eigenvalue weighted by molar-refractivity contribution is -0.137. The molecule has 1 saturated heterocycles. The molecule has 1 aliphatic heterocycles. The molecule has 1 aliphatic rings. The number of hydrogen-bond donors (Lipinski definition) is 1. The Morgan fingerprint density at radius 3 is 2.57 bits per heavy atom. The van der Waals surface area contributed by atoms with Crippen LogP contribution in [0.2, 0.25) is 0 Å². The lowest BCUT2D eigenvalue weighted by Gasteiger charge is -2.44. The Hall–Kier alpha value is -2.76. The zero-order chi connectivity index (χ0) is 19.8. The standard InChI is InChI=1S/C22H29N3O3/c1-2-4-20-17-24(18-10-12-23-13-11-18)14-15-25(20)19-6-8-21(9-7-19)28-16-3-5-22(26)27/h6-13,20H,2-5,14-17H2,1H3,(H,26,27). The van der Waals surface area contributed by atoms with Gasteiger partial charge in [-0.1, -0.05) is 13.3 Å². The van der Waals surface area contributed by atoms with Crippen LogP contribution in [0, 0.1) is 0 Å². The molecule has 1 fully saturated rings. The third kappa shape index (κ3) is 5.38. The van der Waals surface area contributed by atoms with Gasteiger partial charge in [0, 0.05) is 55.9 Å². The number of hydrogen-bond acceptors (Lipinski definition) is 5. The van der Waals surface area contributed by atoms with Crippen molar-refractivity contribution in [3.05, 3.63) is 48.8 Å². The predicted molar refractivity (Wildman–Crippen MR) is 111 cm³/mol. The van der Waals surface area contributed by atoms with Gasteiger partial charge in [-0.25, -0.2) is 0 Å². The summed E-state index contributed by atoms with van der Waals surface area (Å²) in [6, 6.07) is 12.8. The van der Waals surface area contributed by atoms with Gasteiger partial charge in [-0.3, -0.25) is 9.78 Å². The van der Waals surface area contributed by atoms with E-state index in [4.69, 9.17) is 9.84 Å². The Morgan fingerprint density at radius 1 is 1.14 bits per heavy atom. The van der Waals surface area contributed by atoms with Gasteiger partial charge in [0.25, 0.3) is 0 Å². The second kappa shape index (κ2) is 9.97. The van der Waals surface area contributed by atoms with Crippen LogP contribution in [-0.2, 0) is 4.79 Å². The largest absolute Gasteiger partial charge is 0.494 e. The normalized spacial score (nSPS) is 16.8. The molecule has 1 aromatic heterocycles. The van der Waals surface area contributed by atoms with Crippen LogP contribution in [0.4, 0.5) is 11.4 Å². The van der Waals surface area contributed by atoms with Gasteiger partial charge in [0.1, 0.15) is 5.75 Å². The highest BCUT2D eigenvalue weighted by molar-refractivity contribution is 5.66. The van der Waals surface area contributed by atoms with Crippen molar-refractivity contribution in [3.8, 4) is 5.75 Å². The summed E-state index contributed by atoms with van der Waals surface area (Å²) >= 11 is 0. The number of aliphatic carboxylic acids is 1. The molecular formula is C22H29N3O3. The zero-order valence-corrected chi connectivity index (χ0v) is 16.5. The number of carboxylic acids is 1. The average molecular weight is 383 g/mol. The summed E-state index contributed by atoms with van der Waals surface area (Å²) < 4.78 is 5.65. The minimum Gasteiger partial charge on any atom is -0.494 e. The first-order valence-electron chi connectivity index (χ1n) is 10.0. The summed E-state index contributed by atoms with van der Waals surface area (Å²) in [7, 11) is 0. The van der Waals surface area contributed by atoms with E-state index in [0.29, 0.717) is 19.1 Å². The third-order valence-electron chi connectivity index (χ3n) is 5.10. The first kappa shape index (κ1) is 20.0. The topological polar surface area (TPSA) is 65.9 Å². The maximum absolute atomic E-state index is 10.6. The van der Waals surface area contributed by atoms with Gasteiger partial charge in [0.2, 0.25) is 0 Å². The molecule has 1 atom stereocenters. The Bertz CT molecular complexity index is 736. The van der Waals surface area contributed by atoms with Crippen LogP contribution in [-0.4, -0.2) is 48.3 Å². The van der Waals surface area contributed by atoms with Crippen LogP contribution in [0.15, 0.2) is 48.8 Å². The first-order valence-corrected chi connectivity index (χ1v) is 10.0. The summed E-state index contributed by atoms with van der Waals surface area (Å²) in [6.45, 7) is 5.63. The molecule has 150 valence electrons. The molecule has 0 saturated carbocycles. The van der Waals surface area contributed by atoms with Crippen molar-refractivity contribution in [2.24, 2.45) is 0 Å². The van der Waals surface area contributed by atoms with Crippen LogP contribution in [0.1, 0.15) is 32.6 Å². The highest BCUT2D eigenvalue weighted by Gasteiger charge is 2.26. The minimum atomic E-state index is -0.785. The number of benzene rings is 1. The number of pyridine rings is 1. The van der Waals surface area contributed by atoms with E-state index < -0.39 is 5.97 Å². The fourth-order valence-corrected chi connectivity index (χ4v) is 3.71. The van der Waals surface area contributed by atoms with Crippen molar-refractivity contribution in [2.75, 3.05) is 36.0 Å². The first-order chi connectivity index (χ1) is 13.7. The molecule has 1 aromatic carbocycles. The van der Waals surface area contributed by atoms with Crippen molar-refractivity contribution in [2.45, 2.75) is 38.6 Å². The number of aromatic nitrogens is 1. The van der Waals surface area contributed by atoms with Crippen molar-refractivity contribution in [1.29, 1.82) is 0 Å². The highest BCUT2D eigenvalue weighted by atomic mass is 16.5. The van der Waals surface area contributed by atoms with Crippen molar-refractivity contribution in [1.82, 2.24) is 4.98 Å². The van der Waals surface area contributed by atoms with Gasteiger partial charge in [-0.15, -0.1) is 0 Å². The van der Waals surface area contributed by atoms with E-state index in [1.807, 2.05) is 24.5 Å². The lowest BCUT2D eigenvalue weighted by atomic mass is 10.0. The van der Waals surface area contributed by atoms with Gasteiger partial charge in [0.15, 0.2) is 0 Å². The molecule has 6 nitrogen and oxygen atoms in total. The minimum absolute atomic E-state index is 0.137. The molecule has 6 heteroatoms. The molecule has 1 N–H and O–H groups in total. The lowest BCUT2D eigenvalue weighted by Crippen LogP contribution is -2.53. The number of carbonyl (C=O) groups is 1. The second-order valence-corrected chi connectivity index (χ2v) is 7.13. The monoisotopic (exact) mass is 383 g/mol. The maximum Gasteiger partial charge on any atom is 0.303 e. The van der Waals surface area contributed by atoms with Gasteiger partial charge in [-0.2, -0.15) is 0 Å². The highest BCUT2D eigenvalue weighted by Crippen LogP contribution is 2.27. The molecule has 0 bridgehead atoms. The van der Waals surface area contributed by atoms with E-state index >= 15 is 0 Å². The average Bonchev–Trinajstić information content (AvgIpc) is 2.72. The molecule has 3 rings (SSSR count). The smallest absolute Gasteiger partial charge is 0.303 e. The van der Waals surface area contributed by atoms with Crippen LogP contribution < -0.4 is 14.5 Å². The molecule has 28 heavy (non-hydrogen) atoms. The second-order valence-electron chi connectivity index (χ2n) is 7.13. The Morgan fingerprint density at radius 2 is 1.89 bits per heavy atom. The van der Waals surface area contributed by atoms with Crippen molar-refractivity contribution >= 4 is 17.3 Å². The Balaban J connectivity index is 1.61. The van der Waals surface area contributed by atoms with E-state index in [0.717, 1.165) is 38.2 Å². The molecule has 0 radical (unpaired) electrons. The summed E-state index contributed by atoms with van der Waals surface area (Å²) in [5.41, 5.74) is 2.45. The summed E-state index contributed by atoms with van der Waals surface area (Å²) in [6.07, 6.45) is 6.66. The van der Waals surface area contributed by atoms with E-state index in [9.17, 15) is 4.79 Å². The fraction of sp³-hybridized carbons (Fsp3) is 0.455. The van der Waals surface area contributed by atoms with E-state index in [-0.39, 0.29) is 6.42 Å². The zero-order valence-electron chi connectivity index (χ0n) is 16.5. The van der Waals surface area contributed by atoms with Gasteiger partial charge >= 0.3 is 5.97 Å². The Kier molecular flexibility index (Phi) is 7.12. The molecular weight excluding hydrogens is 354 g/mol. The molecule has 2 aromatic rings. The van der Waals surface area contributed by atoms with Gasteiger partial charge in [-0.05, 0) is 49.2 Å². The van der Waals surface area contributed by atoms with E-state index in [1.54, 1.807) is 0 Å². The van der Waals surface area contributed by atoms with E-state index in [1.165, 1.54) is 11.4 Å². The molecule has 0 amide bonds. The number of anilines is 2. The van der Waals surface area contributed by atoms with Crippen LogP contribution in [0.3, 0.4) is 0 Å². The molecule has 0 aliphatic carbocycles. The van der Waals surface area contributed by atoms with Crippen molar-refractivity contribution in [3.63, 3.8) is 0 Å². The summed E-state index contributed by atoms with van der Waals surface area (Å²) in [5.74, 6) is 0.00317. The fourth-order valence-electron chi connectivity index (χ4n) is 3.71. The number of ether oxygens (including phenoxy) is 1. The number of carboxylic acid groups (broad SMARTS) is 1. The Labute approximate surface area is 166 Å².